The zero-order chi connectivity index (χ0) is 13.2. The lowest BCUT2D eigenvalue weighted by Gasteiger charge is -2.05. The van der Waals surface area contributed by atoms with Crippen molar-refractivity contribution in [1.29, 1.82) is 0 Å². The minimum Gasteiger partial charge on any atom is -0.207 e. The van der Waals surface area contributed by atoms with Crippen molar-refractivity contribution in [3.63, 3.8) is 0 Å². The van der Waals surface area contributed by atoms with Crippen LogP contribution in [0.1, 0.15) is 19.4 Å². The smallest absolute Gasteiger partial charge is 0.207 e. The first-order valence-corrected chi connectivity index (χ1v) is 5.63. The first-order chi connectivity index (χ1) is 7.47. The van der Waals surface area contributed by atoms with Gasteiger partial charge in [-0.15, -0.1) is 0 Å². The van der Waals surface area contributed by atoms with Crippen molar-refractivity contribution in [2.24, 2.45) is 0 Å². The van der Waals surface area contributed by atoms with Crippen molar-refractivity contribution in [1.82, 2.24) is 0 Å². The lowest BCUT2D eigenvalue weighted by Crippen LogP contribution is -2.11. The predicted octanol–water partition coefficient (Wildman–Crippen LogP) is 4.50. The first kappa shape index (κ1) is 17.7. The molecule has 1 rings (SSSR count). The fraction of sp³-hybridized carbons (Fsp3) is 0.455. The Morgan fingerprint density at radius 1 is 1.00 bits per heavy atom. The van der Waals surface area contributed by atoms with E-state index in [1.807, 2.05) is 13.8 Å². The summed E-state index contributed by atoms with van der Waals surface area (Å²) in [4.78, 5) is 0. The van der Waals surface area contributed by atoms with Gasteiger partial charge < -0.3 is 0 Å². The number of benzene rings is 1. The minimum atomic E-state index is -4.22. The molecule has 0 unspecified atom stereocenters. The molecule has 0 radical (unpaired) electrons. The maximum Gasteiger partial charge on any atom is 0.393 e. The zero-order valence-corrected chi connectivity index (χ0v) is 10.4. The van der Waals surface area contributed by atoms with E-state index in [1.54, 1.807) is 6.26 Å². The largest absolute Gasteiger partial charge is 0.393 e. The second-order valence-electron chi connectivity index (χ2n) is 2.42. The van der Waals surface area contributed by atoms with Gasteiger partial charge in [-0.1, -0.05) is 26.0 Å². The second-order valence-corrected chi connectivity index (χ2v) is 2.42. The van der Waals surface area contributed by atoms with Crippen molar-refractivity contribution in [3.8, 4) is 0 Å². The van der Waals surface area contributed by atoms with Crippen LogP contribution in [0.2, 0.25) is 0 Å². The molecule has 94 valence electrons. The van der Waals surface area contributed by atoms with Crippen LogP contribution in [0, 0.1) is 5.82 Å². The first-order valence-electron chi connectivity index (χ1n) is 4.73. The molecule has 0 N–H and O–H groups in total. The Kier molecular flexibility index (Phi) is 10.5. The number of alkyl halides is 3. The summed E-state index contributed by atoms with van der Waals surface area (Å²) in [5.41, 5.74) is 0.0731. The number of thiol groups is 1. The van der Waals surface area contributed by atoms with Crippen LogP contribution in [0.5, 0.6) is 0 Å². The number of hydrogen-bond donors (Lipinski definition) is 1. The summed E-state index contributed by atoms with van der Waals surface area (Å²) >= 11 is 3.53. The van der Waals surface area contributed by atoms with Gasteiger partial charge in [0.2, 0.25) is 0 Å². The molecule has 1 aromatic rings. The topological polar surface area (TPSA) is 0 Å². The van der Waals surface area contributed by atoms with Gasteiger partial charge in [0, 0.05) is 0 Å². The van der Waals surface area contributed by atoms with Gasteiger partial charge in [0.05, 0.1) is 6.42 Å². The molecular weight excluding hydrogens is 240 g/mol. The van der Waals surface area contributed by atoms with Gasteiger partial charge in [0.1, 0.15) is 5.82 Å². The van der Waals surface area contributed by atoms with Crippen LogP contribution < -0.4 is 0 Å². The molecule has 0 aromatic heterocycles. The number of halogens is 4. The highest BCUT2D eigenvalue weighted by Gasteiger charge is 2.27. The highest BCUT2D eigenvalue weighted by molar-refractivity contribution is 7.79. The van der Waals surface area contributed by atoms with Crippen LogP contribution in [0.3, 0.4) is 0 Å². The van der Waals surface area contributed by atoms with Crippen LogP contribution in [0.4, 0.5) is 17.6 Å². The number of hydrogen-bond acceptors (Lipinski definition) is 1. The van der Waals surface area contributed by atoms with E-state index >= 15 is 0 Å². The molecule has 5 heteroatoms. The molecule has 0 nitrogen and oxygen atoms in total. The van der Waals surface area contributed by atoms with Crippen molar-refractivity contribution in [2.75, 3.05) is 6.26 Å². The summed E-state index contributed by atoms with van der Waals surface area (Å²) in [5.74, 6) is -0.527. The van der Waals surface area contributed by atoms with Crippen LogP contribution in [-0.2, 0) is 6.42 Å². The van der Waals surface area contributed by atoms with Crippen LogP contribution in [0.25, 0.3) is 0 Å². The molecule has 0 aliphatic heterocycles. The van der Waals surface area contributed by atoms with Gasteiger partial charge in [0.15, 0.2) is 0 Å². The van der Waals surface area contributed by atoms with E-state index < -0.39 is 18.4 Å². The van der Waals surface area contributed by atoms with Crippen LogP contribution in [-0.4, -0.2) is 12.4 Å². The molecule has 0 fully saturated rings. The third-order valence-corrected chi connectivity index (χ3v) is 1.32. The van der Waals surface area contributed by atoms with E-state index in [0.717, 1.165) is 24.3 Å². The highest BCUT2D eigenvalue weighted by Crippen LogP contribution is 2.20. The molecule has 0 spiro atoms. The Balaban J connectivity index is 0. The fourth-order valence-corrected chi connectivity index (χ4v) is 0.834. The summed E-state index contributed by atoms with van der Waals surface area (Å²) in [5, 5.41) is 0. The maximum absolute atomic E-state index is 12.2. The molecule has 16 heavy (non-hydrogen) atoms. The zero-order valence-electron chi connectivity index (χ0n) is 9.48. The lowest BCUT2D eigenvalue weighted by atomic mass is 10.1. The molecule has 0 heterocycles. The Labute approximate surface area is 99.1 Å². The summed E-state index contributed by atoms with van der Waals surface area (Å²) in [6, 6.07) is 4.29. The second kappa shape index (κ2) is 9.51. The van der Waals surface area contributed by atoms with E-state index in [0.29, 0.717) is 0 Å². The van der Waals surface area contributed by atoms with Crippen molar-refractivity contribution >= 4 is 12.6 Å². The van der Waals surface area contributed by atoms with E-state index in [9.17, 15) is 17.6 Å². The highest BCUT2D eigenvalue weighted by atomic mass is 32.1. The average molecular weight is 256 g/mol. The Bertz CT molecular complexity index is 254. The van der Waals surface area contributed by atoms with Crippen molar-refractivity contribution in [2.45, 2.75) is 26.4 Å². The number of rotatable bonds is 1. The summed E-state index contributed by atoms with van der Waals surface area (Å²) in [6.45, 7) is 4.00. The molecule has 0 aliphatic rings. The van der Waals surface area contributed by atoms with Gasteiger partial charge in [-0.25, -0.2) is 4.39 Å². The van der Waals surface area contributed by atoms with Gasteiger partial charge in [-0.3, -0.25) is 0 Å². The van der Waals surface area contributed by atoms with E-state index in [1.165, 1.54) is 0 Å². The maximum atomic E-state index is 12.2. The SMILES string of the molecule is CC.CS.Fc1ccc(CC(F)(F)F)cc1. The molecule has 0 saturated carbocycles. The Hall–Kier alpha value is -0.710. The fourth-order valence-electron chi connectivity index (χ4n) is 0.834. The lowest BCUT2D eigenvalue weighted by molar-refractivity contribution is -0.127. The normalized spacial score (nSPS) is 9.50. The summed E-state index contributed by atoms with van der Waals surface area (Å²) in [7, 11) is 0. The molecule has 0 aliphatic carbocycles. The van der Waals surface area contributed by atoms with Gasteiger partial charge in [-0.2, -0.15) is 25.8 Å². The van der Waals surface area contributed by atoms with Crippen molar-refractivity contribution in [3.05, 3.63) is 35.6 Å². The van der Waals surface area contributed by atoms with Gasteiger partial charge in [0.25, 0.3) is 0 Å². The molecule has 1 aromatic carbocycles. The molecule has 0 atom stereocenters. The van der Waals surface area contributed by atoms with E-state index in [-0.39, 0.29) is 5.56 Å². The van der Waals surface area contributed by atoms with Crippen LogP contribution >= 0.6 is 12.6 Å². The third kappa shape index (κ3) is 9.83. The Morgan fingerprint density at radius 3 is 1.69 bits per heavy atom. The molecular formula is C11H16F4S. The van der Waals surface area contributed by atoms with Crippen molar-refractivity contribution < 1.29 is 17.6 Å². The van der Waals surface area contributed by atoms with Crippen LogP contribution in [0.15, 0.2) is 24.3 Å². The van der Waals surface area contributed by atoms with Gasteiger partial charge >= 0.3 is 6.18 Å². The standard InChI is InChI=1S/C8H6F4.C2H6.CH4S/c9-7-3-1-6(2-4-7)5-8(10,11)12;2*1-2/h1-4H,5H2;1-2H3;2H,1H3. The van der Waals surface area contributed by atoms with E-state index in [4.69, 9.17) is 0 Å². The Morgan fingerprint density at radius 2 is 1.38 bits per heavy atom. The molecule has 0 bridgehead atoms. The quantitative estimate of drug-likeness (QED) is 0.555. The summed E-state index contributed by atoms with van der Waals surface area (Å²) in [6.07, 6.45) is -3.54. The minimum absolute atomic E-state index is 0.0731. The average Bonchev–Trinajstić information content (AvgIpc) is 2.25. The third-order valence-electron chi connectivity index (χ3n) is 1.32. The molecule has 0 amide bonds. The molecule has 0 saturated heterocycles. The monoisotopic (exact) mass is 256 g/mol. The van der Waals surface area contributed by atoms with Gasteiger partial charge in [-0.05, 0) is 24.0 Å². The van der Waals surface area contributed by atoms with E-state index in [2.05, 4.69) is 12.6 Å². The summed E-state index contributed by atoms with van der Waals surface area (Å²) < 4.78 is 47.5. The predicted molar refractivity (Wildman–Crippen MR) is 62.4 cm³/mol.